The van der Waals surface area contributed by atoms with Crippen molar-refractivity contribution in [2.24, 2.45) is 0 Å². The van der Waals surface area contributed by atoms with Crippen molar-refractivity contribution < 1.29 is 13.9 Å². The number of Topliss-reactive ketones (excluding diaryl/α,β-unsaturated/α-hetero) is 1. The quantitative estimate of drug-likeness (QED) is 0.660. The Morgan fingerprint density at radius 2 is 2.15 bits per heavy atom. The molecule has 0 amide bonds. The second kappa shape index (κ2) is 2.83. The van der Waals surface area contributed by atoms with Crippen molar-refractivity contribution in [2.45, 2.75) is 12.8 Å². The summed E-state index contributed by atoms with van der Waals surface area (Å²) in [4.78, 5) is 11.4. The van der Waals surface area contributed by atoms with Crippen LogP contribution in [-0.4, -0.2) is 12.9 Å². The van der Waals surface area contributed by atoms with Gasteiger partial charge in [0.25, 0.3) is 0 Å². The lowest BCUT2D eigenvalue weighted by Crippen LogP contribution is -1.97. The molecule has 1 aromatic carbocycles. The van der Waals surface area contributed by atoms with Gasteiger partial charge in [-0.25, -0.2) is 4.39 Å². The van der Waals surface area contributed by atoms with Crippen LogP contribution in [-0.2, 0) is 6.42 Å². The van der Waals surface area contributed by atoms with Gasteiger partial charge in [0.15, 0.2) is 5.78 Å². The molecule has 0 atom stereocenters. The Kier molecular flexibility index (Phi) is 1.79. The summed E-state index contributed by atoms with van der Waals surface area (Å²) in [5.41, 5.74) is 1.32. The highest BCUT2D eigenvalue weighted by molar-refractivity contribution is 6.02. The van der Waals surface area contributed by atoms with Gasteiger partial charge >= 0.3 is 0 Å². The van der Waals surface area contributed by atoms with E-state index in [1.165, 1.54) is 19.2 Å². The Morgan fingerprint density at radius 3 is 2.85 bits per heavy atom. The minimum atomic E-state index is -0.342. The first-order valence-electron chi connectivity index (χ1n) is 4.12. The van der Waals surface area contributed by atoms with Gasteiger partial charge in [-0.05, 0) is 18.1 Å². The highest BCUT2D eigenvalue weighted by Crippen LogP contribution is 2.31. The Morgan fingerprint density at radius 1 is 1.38 bits per heavy atom. The molecule has 1 aliphatic rings. The number of halogens is 1. The molecule has 0 radical (unpaired) electrons. The Balaban J connectivity index is 2.64. The fraction of sp³-hybridized carbons (Fsp3) is 0.300. The number of carbonyl (C=O) groups is 1. The second-order valence-corrected chi connectivity index (χ2v) is 3.07. The predicted octanol–water partition coefficient (Wildman–Crippen LogP) is 1.96. The first-order chi connectivity index (χ1) is 6.22. The fourth-order valence-electron chi connectivity index (χ4n) is 1.68. The molecule has 0 saturated carbocycles. The number of hydrogen-bond acceptors (Lipinski definition) is 2. The third-order valence-corrected chi connectivity index (χ3v) is 2.27. The number of methoxy groups -OCH3 is 1. The molecule has 0 spiro atoms. The molecule has 68 valence electrons. The molecule has 0 aromatic heterocycles. The number of ketones is 1. The normalized spacial score (nSPS) is 14.5. The lowest BCUT2D eigenvalue weighted by atomic mass is 10.1. The molecular weight excluding hydrogens is 171 g/mol. The molecule has 2 nitrogen and oxygen atoms in total. The molecule has 0 saturated heterocycles. The monoisotopic (exact) mass is 180 g/mol. The van der Waals surface area contributed by atoms with Crippen molar-refractivity contribution in [3.05, 3.63) is 29.1 Å². The van der Waals surface area contributed by atoms with Gasteiger partial charge in [-0.1, -0.05) is 0 Å². The van der Waals surface area contributed by atoms with Crippen LogP contribution in [0.3, 0.4) is 0 Å². The van der Waals surface area contributed by atoms with E-state index in [1.807, 2.05) is 0 Å². The maximum absolute atomic E-state index is 12.9. The summed E-state index contributed by atoms with van der Waals surface area (Å²) < 4.78 is 17.9. The number of carbonyl (C=O) groups excluding carboxylic acids is 1. The predicted molar refractivity (Wildman–Crippen MR) is 45.6 cm³/mol. The number of aryl methyl sites for hydroxylation is 1. The zero-order chi connectivity index (χ0) is 9.42. The van der Waals surface area contributed by atoms with Crippen LogP contribution in [0.1, 0.15) is 22.3 Å². The standard InChI is InChI=1S/C10H9FO2/c1-13-9-5-7(11)4-6-2-3-8(12)10(6)9/h4-5H,2-3H2,1H3. The van der Waals surface area contributed by atoms with Crippen molar-refractivity contribution in [2.75, 3.05) is 7.11 Å². The average Bonchev–Trinajstić information content (AvgIpc) is 2.46. The number of fused-ring (bicyclic) bond motifs is 1. The second-order valence-electron chi connectivity index (χ2n) is 3.07. The minimum Gasteiger partial charge on any atom is -0.496 e. The van der Waals surface area contributed by atoms with Crippen LogP contribution in [0.15, 0.2) is 12.1 Å². The van der Waals surface area contributed by atoms with E-state index in [-0.39, 0.29) is 11.6 Å². The SMILES string of the molecule is COc1cc(F)cc2c1C(=O)CC2. The summed E-state index contributed by atoms with van der Waals surface area (Å²) in [7, 11) is 1.45. The summed E-state index contributed by atoms with van der Waals surface area (Å²) in [6, 6.07) is 2.66. The molecular formula is C10H9FO2. The van der Waals surface area contributed by atoms with E-state index < -0.39 is 0 Å². The maximum atomic E-state index is 12.9. The van der Waals surface area contributed by atoms with Crippen LogP contribution in [0.4, 0.5) is 4.39 Å². The zero-order valence-corrected chi connectivity index (χ0v) is 7.26. The van der Waals surface area contributed by atoms with Gasteiger partial charge in [-0.15, -0.1) is 0 Å². The molecule has 2 rings (SSSR count). The van der Waals surface area contributed by atoms with Gasteiger partial charge in [-0.2, -0.15) is 0 Å². The lowest BCUT2D eigenvalue weighted by molar-refractivity contribution is 0.0992. The highest BCUT2D eigenvalue weighted by Gasteiger charge is 2.24. The molecule has 1 aromatic rings. The van der Waals surface area contributed by atoms with Gasteiger partial charge in [0.2, 0.25) is 0 Å². The molecule has 0 N–H and O–H groups in total. The fourth-order valence-corrected chi connectivity index (χ4v) is 1.68. The Hall–Kier alpha value is -1.38. The van der Waals surface area contributed by atoms with Gasteiger partial charge in [0.1, 0.15) is 11.6 Å². The number of rotatable bonds is 1. The van der Waals surface area contributed by atoms with E-state index in [0.717, 1.165) is 5.56 Å². The van der Waals surface area contributed by atoms with Crippen molar-refractivity contribution in [1.82, 2.24) is 0 Å². The third-order valence-electron chi connectivity index (χ3n) is 2.27. The van der Waals surface area contributed by atoms with Crippen molar-refractivity contribution in [3.63, 3.8) is 0 Å². The van der Waals surface area contributed by atoms with Crippen molar-refractivity contribution in [3.8, 4) is 5.75 Å². The van der Waals surface area contributed by atoms with Crippen molar-refractivity contribution in [1.29, 1.82) is 0 Å². The number of benzene rings is 1. The lowest BCUT2D eigenvalue weighted by Gasteiger charge is -2.05. The van der Waals surface area contributed by atoms with E-state index in [9.17, 15) is 9.18 Å². The first-order valence-corrected chi connectivity index (χ1v) is 4.12. The molecule has 0 aliphatic heterocycles. The Labute approximate surface area is 75.3 Å². The summed E-state index contributed by atoms with van der Waals surface area (Å²) >= 11 is 0. The van der Waals surface area contributed by atoms with Gasteiger partial charge in [0.05, 0.1) is 12.7 Å². The summed E-state index contributed by atoms with van der Waals surface area (Å²) in [5.74, 6) is 0.0645. The van der Waals surface area contributed by atoms with E-state index in [0.29, 0.717) is 24.2 Å². The van der Waals surface area contributed by atoms with Crippen molar-refractivity contribution >= 4 is 5.78 Å². The molecule has 13 heavy (non-hydrogen) atoms. The molecule has 0 fully saturated rings. The minimum absolute atomic E-state index is 0.0480. The summed E-state index contributed by atoms with van der Waals surface area (Å²) in [5, 5.41) is 0. The van der Waals surface area contributed by atoms with Gasteiger partial charge in [-0.3, -0.25) is 4.79 Å². The topological polar surface area (TPSA) is 26.3 Å². The van der Waals surface area contributed by atoms with Crippen LogP contribution in [0.5, 0.6) is 5.75 Å². The summed E-state index contributed by atoms with van der Waals surface area (Å²) in [6.07, 6.45) is 1.09. The number of hydrogen-bond donors (Lipinski definition) is 0. The first kappa shape index (κ1) is 8.23. The summed E-state index contributed by atoms with van der Waals surface area (Å²) in [6.45, 7) is 0. The van der Waals surface area contributed by atoms with E-state index >= 15 is 0 Å². The highest BCUT2D eigenvalue weighted by atomic mass is 19.1. The van der Waals surface area contributed by atoms with Crippen LogP contribution in [0, 0.1) is 5.82 Å². The Bertz CT molecular complexity index is 371. The van der Waals surface area contributed by atoms with Crippen LogP contribution in [0.2, 0.25) is 0 Å². The average molecular weight is 180 g/mol. The van der Waals surface area contributed by atoms with Crippen LogP contribution in [0.25, 0.3) is 0 Å². The molecule has 1 aliphatic carbocycles. The molecule has 0 unspecified atom stereocenters. The zero-order valence-electron chi connectivity index (χ0n) is 7.26. The molecule has 0 heterocycles. The maximum Gasteiger partial charge on any atom is 0.167 e. The smallest absolute Gasteiger partial charge is 0.167 e. The van der Waals surface area contributed by atoms with E-state index in [2.05, 4.69) is 0 Å². The van der Waals surface area contributed by atoms with Gasteiger partial charge < -0.3 is 4.74 Å². The van der Waals surface area contributed by atoms with E-state index in [1.54, 1.807) is 0 Å². The van der Waals surface area contributed by atoms with Crippen LogP contribution < -0.4 is 4.74 Å². The van der Waals surface area contributed by atoms with E-state index in [4.69, 9.17) is 4.74 Å². The molecule has 0 bridgehead atoms. The molecule has 3 heteroatoms. The van der Waals surface area contributed by atoms with Crippen LogP contribution >= 0.6 is 0 Å². The third kappa shape index (κ3) is 1.20. The van der Waals surface area contributed by atoms with Gasteiger partial charge in [0, 0.05) is 12.5 Å². The largest absolute Gasteiger partial charge is 0.496 e. The number of ether oxygens (including phenoxy) is 1.